The molecule has 2 heterocycles. The van der Waals surface area contributed by atoms with Crippen LogP contribution in [0.1, 0.15) is 24.3 Å². The zero-order chi connectivity index (χ0) is 14.7. The van der Waals surface area contributed by atoms with E-state index >= 15 is 0 Å². The van der Waals surface area contributed by atoms with Gasteiger partial charge in [-0.15, -0.1) is 5.10 Å². The molecule has 1 aliphatic heterocycles. The lowest BCUT2D eigenvalue weighted by atomic mass is 9.89. The fraction of sp³-hybridized carbons (Fsp3) is 0.400. The first-order valence-electron chi connectivity index (χ1n) is 7.13. The zero-order valence-electron chi connectivity index (χ0n) is 11.7. The summed E-state index contributed by atoms with van der Waals surface area (Å²) in [7, 11) is 0. The second kappa shape index (κ2) is 5.95. The summed E-state index contributed by atoms with van der Waals surface area (Å²) in [5.74, 6) is 0.838. The molecule has 0 aliphatic carbocycles. The van der Waals surface area contributed by atoms with E-state index in [2.05, 4.69) is 10.3 Å². The van der Waals surface area contributed by atoms with Crippen molar-refractivity contribution >= 4 is 5.91 Å². The van der Waals surface area contributed by atoms with E-state index in [1.165, 1.54) is 5.56 Å². The first-order valence-corrected chi connectivity index (χ1v) is 7.13. The van der Waals surface area contributed by atoms with Gasteiger partial charge in [0, 0.05) is 19.3 Å². The van der Waals surface area contributed by atoms with Gasteiger partial charge in [-0.3, -0.25) is 4.79 Å². The summed E-state index contributed by atoms with van der Waals surface area (Å²) in [6.07, 6.45) is 5.17. The molecule has 110 valence electrons. The first kappa shape index (κ1) is 13.6. The molecule has 1 aliphatic rings. The van der Waals surface area contributed by atoms with E-state index in [1.54, 1.807) is 29.2 Å². The number of piperidine rings is 1. The fourth-order valence-electron chi connectivity index (χ4n) is 2.76. The number of nitrogens with zero attached hydrogens (tertiary/aromatic N) is 4. The van der Waals surface area contributed by atoms with Crippen LogP contribution in [0.15, 0.2) is 36.7 Å². The number of carbonyl (C=O) groups excluding carboxylic acids is 1. The Hall–Kier alpha value is -2.37. The number of hydrogen-bond donors (Lipinski definition) is 1. The normalized spacial score (nSPS) is 16.1. The van der Waals surface area contributed by atoms with Gasteiger partial charge in [0.15, 0.2) is 0 Å². The van der Waals surface area contributed by atoms with Gasteiger partial charge in [-0.1, -0.05) is 17.3 Å². The van der Waals surface area contributed by atoms with Crippen molar-refractivity contribution in [3.8, 4) is 5.75 Å². The van der Waals surface area contributed by atoms with Crippen LogP contribution in [0.4, 0.5) is 0 Å². The van der Waals surface area contributed by atoms with Gasteiger partial charge in [-0.25, -0.2) is 4.68 Å². The Morgan fingerprint density at radius 3 is 2.57 bits per heavy atom. The van der Waals surface area contributed by atoms with Crippen molar-refractivity contribution in [1.29, 1.82) is 0 Å². The molecule has 1 aromatic heterocycles. The predicted octanol–water partition coefficient (Wildman–Crippen LogP) is 1.39. The quantitative estimate of drug-likeness (QED) is 0.925. The molecule has 1 N–H and O–H groups in total. The van der Waals surface area contributed by atoms with Gasteiger partial charge < -0.3 is 10.0 Å². The number of phenolic OH excluding ortho intramolecular Hbond substituents is 1. The molecule has 1 fully saturated rings. The summed E-state index contributed by atoms with van der Waals surface area (Å²) in [6.45, 7) is 1.78. The lowest BCUT2D eigenvalue weighted by Gasteiger charge is -2.32. The number of carbonyl (C=O) groups is 1. The average molecular weight is 286 g/mol. The number of rotatable bonds is 3. The molecule has 0 atom stereocenters. The molecular weight excluding hydrogens is 268 g/mol. The van der Waals surface area contributed by atoms with Crippen molar-refractivity contribution in [2.45, 2.75) is 25.3 Å². The van der Waals surface area contributed by atoms with Gasteiger partial charge in [-0.2, -0.15) is 0 Å². The van der Waals surface area contributed by atoms with E-state index in [9.17, 15) is 9.90 Å². The van der Waals surface area contributed by atoms with Gasteiger partial charge in [-0.05, 0) is 36.5 Å². The molecule has 1 aromatic carbocycles. The Balaban J connectivity index is 1.55. The van der Waals surface area contributed by atoms with Crippen LogP contribution < -0.4 is 0 Å². The van der Waals surface area contributed by atoms with Crippen LogP contribution in [0, 0.1) is 0 Å². The second-order valence-corrected chi connectivity index (χ2v) is 5.35. The van der Waals surface area contributed by atoms with Crippen molar-refractivity contribution in [3.05, 3.63) is 42.2 Å². The first-order chi connectivity index (χ1) is 10.2. The summed E-state index contributed by atoms with van der Waals surface area (Å²) in [5.41, 5.74) is 1.23. The number of hydrogen-bond acceptors (Lipinski definition) is 4. The van der Waals surface area contributed by atoms with Crippen LogP contribution in [0.5, 0.6) is 5.75 Å². The third-order valence-electron chi connectivity index (χ3n) is 3.98. The smallest absolute Gasteiger partial charge is 0.244 e. The van der Waals surface area contributed by atoms with E-state index in [1.807, 2.05) is 17.0 Å². The Kier molecular flexibility index (Phi) is 3.85. The van der Waals surface area contributed by atoms with Gasteiger partial charge in [0.25, 0.3) is 0 Å². The van der Waals surface area contributed by atoms with Gasteiger partial charge >= 0.3 is 0 Å². The highest BCUT2D eigenvalue weighted by atomic mass is 16.3. The molecule has 0 radical (unpaired) electrons. The molecule has 6 nitrogen and oxygen atoms in total. The Morgan fingerprint density at radius 2 is 1.95 bits per heavy atom. The van der Waals surface area contributed by atoms with Gasteiger partial charge in [0.2, 0.25) is 5.91 Å². The standard InChI is InChI=1S/C15H18N4O2/c20-14-3-1-12(2-4-14)13-5-8-18(9-6-13)15(21)11-19-10-7-16-17-19/h1-4,7,10,13,20H,5-6,8-9,11H2. The lowest BCUT2D eigenvalue weighted by molar-refractivity contribution is -0.133. The molecular formula is C15H18N4O2. The van der Waals surface area contributed by atoms with Crippen molar-refractivity contribution in [2.75, 3.05) is 13.1 Å². The molecule has 1 saturated heterocycles. The van der Waals surface area contributed by atoms with Gasteiger partial charge in [0.1, 0.15) is 12.3 Å². The molecule has 1 amide bonds. The van der Waals surface area contributed by atoms with Gasteiger partial charge in [0.05, 0.1) is 6.20 Å². The van der Waals surface area contributed by atoms with E-state index in [0.717, 1.165) is 25.9 Å². The monoisotopic (exact) mass is 286 g/mol. The van der Waals surface area contributed by atoms with Crippen molar-refractivity contribution in [3.63, 3.8) is 0 Å². The Morgan fingerprint density at radius 1 is 1.24 bits per heavy atom. The van der Waals surface area contributed by atoms with Crippen LogP contribution >= 0.6 is 0 Å². The summed E-state index contributed by atoms with van der Waals surface area (Å²) >= 11 is 0. The minimum Gasteiger partial charge on any atom is -0.508 e. The predicted molar refractivity (Wildman–Crippen MR) is 76.7 cm³/mol. The molecule has 6 heteroatoms. The van der Waals surface area contributed by atoms with E-state index in [4.69, 9.17) is 0 Å². The molecule has 0 spiro atoms. The third-order valence-corrected chi connectivity index (χ3v) is 3.98. The molecule has 3 rings (SSSR count). The molecule has 0 bridgehead atoms. The maximum absolute atomic E-state index is 12.2. The maximum Gasteiger partial charge on any atom is 0.244 e. The summed E-state index contributed by atoms with van der Waals surface area (Å²) < 4.78 is 1.55. The number of aromatic nitrogens is 3. The third kappa shape index (κ3) is 3.21. The minimum atomic E-state index is 0.0876. The van der Waals surface area contributed by atoms with E-state index in [0.29, 0.717) is 11.7 Å². The Labute approximate surface area is 123 Å². The highest BCUT2D eigenvalue weighted by Crippen LogP contribution is 2.29. The summed E-state index contributed by atoms with van der Waals surface area (Å²) in [4.78, 5) is 14.0. The molecule has 2 aromatic rings. The zero-order valence-corrected chi connectivity index (χ0v) is 11.7. The topological polar surface area (TPSA) is 71.2 Å². The van der Waals surface area contributed by atoms with Crippen LogP contribution in [0.25, 0.3) is 0 Å². The fourth-order valence-corrected chi connectivity index (χ4v) is 2.76. The average Bonchev–Trinajstić information content (AvgIpc) is 3.01. The number of aromatic hydroxyl groups is 1. The molecule has 0 unspecified atom stereocenters. The van der Waals surface area contributed by atoms with E-state index in [-0.39, 0.29) is 12.5 Å². The second-order valence-electron chi connectivity index (χ2n) is 5.35. The lowest BCUT2D eigenvalue weighted by Crippen LogP contribution is -2.39. The van der Waals surface area contributed by atoms with Crippen LogP contribution in [-0.2, 0) is 11.3 Å². The van der Waals surface area contributed by atoms with Crippen molar-refractivity contribution in [2.24, 2.45) is 0 Å². The molecule has 21 heavy (non-hydrogen) atoms. The SMILES string of the molecule is O=C(Cn1ccnn1)N1CCC(c2ccc(O)cc2)CC1. The number of benzene rings is 1. The highest BCUT2D eigenvalue weighted by molar-refractivity contribution is 5.76. The number of amides is 1. The summed E-state index contributed by atoms with van der Waals surface area (Å²) in [5, 5.41) is 16.8. The molecule has 0 saturated carbocycles. The largest absolute Gasteiger partial charge is 0.508 e. The van der Waals surface area contributed by atoms with Crippen LogP contribution in [-0.4, -0.2) is 44.0 Å². The summed E-state index contributed by atoms with van der Waals surface area (Å²) in [6, 6.07) is 7.37. The highest BCUT2D eigenvalue weighted by Gasteiger charge is 2.23. The van der Waals surface area contributed by atoms with Crippen molar-refractivity contribution in [1.82, 2.24) is 19.9 Å². The number of phenols is 1. The maximum atomic E-state index is 12.2. The van der Waals surface area contributed by atoms with Crippen LogP contribution in [0.2, 0.25) is 0 Å². The minimum absolute atomic E-state index is 0.0876. The van der Waals surface area contributed by atoms with Crippen LogP contribution in [0.3, 0.4) is 0 Å². The van der Waals surface area contributed by atoms with E-state index < -0.39 is 0 Å². The van der Waals surface area contributed by atoms with Crippen molar-refractivity contribution < 1.29 is 9.90 Å². The number of likely N-dealkylation sites (tertiary alicyclic amines) is 1. The Bertz CT molecular complexity index is 587.